The molecule has 2 rings (SSSR count). The average Bonchev–Trinajstić information content (AvgIpc) is 2.32. The van der Waals surface area contributed by atoms with Crippen LogP contribution in [0.1, 0.15) is 50.2 Å². The zero-order valence-corrected chi connectivity index (χ0v) is 12.6. The van der Waals surface area contributed by atoms with E-state index in [2.05, 4.69) is 19.2 Å². The Kier molecular flexibility index (Phi) is 4.29. The van der Waals surface area contributed by atoms with Crippen molar-refractivity contribution in [2.24, 2.45) is 11.3 Å². The summed E-state index contributed by atoms with van der Waals surface area (Å²) in [5.74, 6) is 1.10. The van der Waals surface area contributed by atoms with Gasteiger partial charge in [0, 0.05) is 0 Å². The Hall–Kier alpha value is -0.890. The third-order valence-electron chi connectivity index (χ3n) is 4.63. The molecule has 0 aliphatic heterocycles. The molecule has 1 aliphatic rings. The summed E-state index contributed by atoms with van der Waals surface area (Å²) in [5, 5.41) is 3.32. The maximum Gasteiger partial charge on any atom is 0.123 e. The number of nitrogens with one attached hydrogen (secondary N) is 1. The van der Waals surface area contributed by atoms with Crippen molar-refractivity contribution in [3.63, 3.8) is 0 Å². The molecule has 1 N–H and O–H groups in total. The van der Waals surface area contributed by atoms with E-state index in [-0.39, 0.29) is 5.82 Å². The number of benzene rings is 1. The molecule has 0 spiro atoms. The van der Waals surface area contributed by atoms with Gasteiger partial charge in [-0.25, -0.2) is 4.39 Å². The van der Waals surface area contributed by atoms with Gasteiger partial charge in [-0.05, 0) is 80.3 Å². The highest BCUT2D eigenvalue weighted by Crippen LogP contribution is 2.47. The lowest BCUT2D eigenvalue weighted by Crippen LogP contribution is -2.34. The van der Waals surface area contributed by atoms with Gasteiger partial charge in [-0.2, -0.15) is 0 Å². The van der Waals surface area contributed by atoms with E-state index in [4.69, 9.17) is 0 Å². The first-order chi connectivity index (χ1) is 8.93. The van der Waals surface area contributed by atoms with Crippen molar-refractivity contribution in [2.45, 2.75) is 46.0 Å². The summed E-state index contributed by atoms with van der Waals surface area (Å²) < 4.78 is 13.3. The standard InChI is InChI=1S/C17H26FN/c1-12-9-14(18)5-6-15(12)16-10-17(2,3)8-7-13(16)11-19-4/h5-6,9,13,16,19H,7-8,10-11H2,1-4H3. The van der Waals surface area contributed by atoms with E-state index in [1.807, 2.05) is 20.0 Å². The fourth-order valence-corrected chi connectivity index (χ4v) is 3.57. The normalized spacial score (nSPS) is 26.4. The number of rotatable bonds is 3. The van der Waals surface area contributed by atoms with Crippen molar-refractivity contribution < 1.29 is 4.39 Å². The van der Waals surface area contributed by atoms with E-state index in [0.29, 0.717) is 17.3 Å². The molecule has 0 heterocycles. The van der Waals surface area contributed by atoms with Crippen molar-refractivity contribution in [3.8, 4) is 0 Å². The van der Waals surface area contributed by atoms with Gasteiger partial charge in [0.15, 0.2) is 0 Å². The van der Waals surface area contributed by atoms with Crippen molar-refractivity contribution in [1.82, 2.24) is 5.32 Å². The van der Waals surface area contributed by atoms with E-state index in [1.54, 1.807) is 12.1 Å². The molecule has 0 amide bonds. The fraction of sp³-hybridized carbons (Fsp3) is 0.647. The van der Waals surface area contributed by atoms with Crippen LogP contribution in [0.25, 0.3) is 0 Å². The molecule has 1 fully saturated rings. The fourth-order valence-electron chi connectivity index (χ4n) is 3.57. The summed E-state index contributed by atoms with van der Waals surface area (Å²) in [6.45, 7) is 7.80. The second-order valence-corrected chi connectivity index (χ2v) is 6.83. The Balaban J connectivity index is 2.30. The van der Waals surface area contributed by atoms with Crippen LogP contribution >= 0.6 is 0 Å². The minimum absolute atomic E-state index is 0.124. The second kappa shape index (κ2) is 5.62. The lowest BCUT2D eigenvalue weighted by atomic mass is 9.64. The van der Waals surface area contributed by atoms with Crippen molar-refractivity contribution >= 4 is 0 Å². The highest BCUT2D eigenvalue weighted by molar-refractivity contribution is 5.31. The van der Waals surface area contributed by atoms with Crippen LogP contribution in [0.4, 0.5) is 4.39 Å². The lowest BCUT2D eigenvalue weighted by Gasteiger charge is -2.41. The van der Waals surface area contributed by atoms with E-state index in [1.165, 1.54) is 24.8 Å². The minimum Gasteiger partial charge on any atom is -0.319 e. The number of halogens is 1. The summed E-state index contributed by atoms with van der Waals surface area (Å²) >= 11 is 0. The molecule has 1 aromatic rings. The van der Waals surface area contributed by atoms with Crippen molar-refractivity contribution in [3.05, 3.63) is 35.1 Å². The summed E-state index contributed by atoms with van der Waals surface area (Å²) in [4.78, 5) is 0. The Morgan fingerprint density at radius 3 is 2.74 bits per heavy atom. The zero-order valence-electron chi connectivity index (χ0n) is 12.6. The van der Waals surface area contributed by atoms with Crippen LogP contribution in [0.2, 0.25) is 0 Å². The number of aryl methyl sites for hydroxylation is 1. The van der Waals surface area contributed by atoms with Crippen LogP contribution in [0.3, 0.4) is 0 Å². The predicted octanol–water partition coefficient (Wildman–Crippen LogP) is 4.26. The van der Waals surface area contributed by atoms with Crippen molar-refractivity contribution in [1.29, 1.82) is 0 Å². The van der Waals surface area contributed by atoms with Gasteiger partial charge < -0.3 is 5.32 Å². The molecule has 2 heteroatoms. The molecule has 0 aromatic heterocycles. The quantitative estimate of drug-likeness (QED) is 0.859. The smallest absolute Gasteiger partial charge is 0.123 e. The van der Waals surface area contributed by atoms with Gasteiger partial charge in [-0.3, -0.25) is 0 Å². The van der Waals surface area contributed by atoms with Gasteiger partial charge in [0.25, 0.3) is 0 Å². The van der Waals surface area contributed by atoms with Gasteiger partial charge in [0.05, 0.1) is 0 Å². The monoisotopic (exact) mass is 263 g/mol. The largest absolute Gasteiger partial charge is 0.319 e. The molecule has 0 radical (unpaired) electrons. The van der Waals surface area contributed by atoms with Crippen LogP contribution in [0, 0.1) is 24.1 Å². The number of hydrogen-bond donors (Lipinski definition) is 1. The summed E-state index contributed by atoms with van der Waals surface area (Å²) in [6, 6.07) is 5.28. The first-order valence-corrected chi connectivity index (χ1v) is 7.33. The van der Waals surface area contributed by atoms with Crippen LogP contribution in [-0.2, 0) is 0 Å². The molecule has 1 aromatic carbocycles. The molecule has 0 saturated heterocycles. The van der Waals surface area contributed by atoms with E-state index < -0.39 is 0 Å². The topological polar surface area (TPSA) is 12.0 Å². The Labute approximate surface area is 116 Å². The molecule has 2 atom stereocenters. The Morgan fingerprint density at radius 1 is 1.37 bits per heavy atom. The Morgan fingerprint density at radius 2 is 2.11 bits per heavy atom. The van der Waals surface area contributed by atoms with Crippen LogP contribution in [0.15, 0.2) is 18.2 Å². The molecule has 1 saturated carbocycles. The van der Waals surface area contributed by atoms with Gasteiger partial charge >= 0.3 is 0 Å². The van der Waals surface area contributed by atoms with Crippen LogP contribution in [-0.4, -0.2) is 13.6 Å². The minimum atomic E-state index is -0.124. The molecule has 1 nitrogen and oxygen atoms in total. The maximum atomic E-state index is 13.3. The number of hydrogen-bond acceptors (Lipinski definition) is 1. The average molecular weight is 263 g/mol. The van der Waals surface area contributed by atoms with Gasteiger partial charge in [0.2, 0.25) is 0 Å². The molecular weight excluding hydrogens is 237 g/mol. The molecule has 2 unspecified atom stereocenters. The summed E-state index contributed by atoms with van der Waals surface area (Å²) in [7, 11) is 2.02. The zero-order chi connectivity index (χ0) is 14.0. The third-order valence-corrected chi connectivity index (χ3v) is 4.63. The second-order valence-electron chi connectivity index (χ2n) is 6.83. The highest BCUT2D eigenvalue weighted by Gasteiger charge is 2.35. The molecule has 106 valence electrons. The lowest BCUT2D eigenvalue weighted by molar-refractivity contribution is 0.161. The molecule has 0 bridgehead atoms. The van der Waals surface area contributed by atoms with Gasteiger partial charge in [-0.1, -0.05) is 19.9 Å². The van der Waals surface area contributed by atoms with E-state index in [0.717, 1.165) is 12.1 Å². The van der Waals surface area contributed by atoms with Crippen LogP contribution in [0.5, 0.6) is 0 Å². The van der Waals surface area contributed by atoms with Gasteiger partial charge in [0.1, 0.15) is 5.82 Å². The summed E-state index contributed by atoms with van der Waals surface area (Å²) in [6.07, 6.45) is 3.75. The Bertz CT molecular complexity index is 439. The first kappa shape index (κ1) is 14.5. The predicted molar refractivity (Wildman–Crippen MR) is 78.9 cm³/mol. The van der Waals surface area contributed by atoms with E-state index in [9.17, 15) is 4.39 Å². The maximum absolute atomic E-state index is 13.3. The van der Waals surface area contributed by atoms with E-state index >= 15 is 0 Å². The molecule has 1 aliphatic carbocycles. The summed E-state index contributed by atoms with van der Waals surface area (Å²) in [5.41, 5.74) is 2.84. The highest BCUT2D eigenvalue weighted by atomic mass is 19.1. The van der Waals surface area contributed by atoms with Crippen molar-refractivity contribution in [2.75, 3.05) is 13.6 Å². The van der Waals surface area contributed by atoms with Crippen LogP contribution < -0.4 is 5.32 Å². The third kappa shape index (κ3) is 3.36. The molecule has 19 heavy (non-hydrogen) atoms. The van der Waals surface area contributed by atoms with Gasteiger partial charge in [-0.15, -0.1) is 0 Å². The first-order valence-electron chi connectivity index (χ1n) is 7.33. The molecular formula is C17H26FN. The SMILES string of the molecule is CNCC1CCC(C)(C)CC1c1ccc(F)cc1C.